The van der Waals surface area contributed by atoms with E-state index in [0.29, 0.717) is 5.56 Å². The van der Waals surface area contributed by atoms with Crippen molar-refractivity contribution in [3.63, 3.8) is 0 Å². The molecule has 0 aliphatic heterocycles. The van der Waals surface area contributed by atoms with Gasteiger partial charge in [-0.05, 0) is 25.1 Å². The van der Waals surface area contributed by atoms with Gasteiger partial charge in [-0.25, -0.2) is 18.7 Å². The van der Waals surface area contributed by atoms with E-state index in [4.69, 9.17) is 4.74 Å². The lowest BCUT2D eigenvalue weighted by Gasteiger charge is -2.15. The van der Waals surface area contributed by atoms with Gasteiger partial charge in [0.15, 0.2) is 11.6 Å². The van der Waals surface area contributed by atoms with Crippen LogP contribution in [-0.4, -0.2) is 20.4 Å². The Balaban J connectivity index is 1.70. The van der Waals surface area contributed by atoms with E-state index in [1.54, 1.807) is 42.3 Å². The van der Waals surface area contributed by atoms with Crippen molar-refractivity contribution in [2.45, 2.75) is 19.5 Å². The van der Waals surface area contributed by atoms with E-state index in [2.05, 4.69) is 15.3 Å². The number of benzene rings is 1. The first-order valence-corrected chi connectivity index (χ1v) is 7.86. The number of carbonyl (C=O) groups is 1. The topological polar surface area (TPSA) is 69.0 Å². The zero-order chi connectivity index (χ0) is 18.5. The highest BCUT2D eigenvalue weighted by atomic mass is 19.1. The maximum atomic E-state index is 13.8. The number of nitrogens with zero attached hydrogens (tertiary/aromatic N) is 3. The first-order chi connectivity index (χ1) is 12.5. The molecule has 0 radical (unpaired) electrons. The van der Waals surface area contributed by atoms with Crippen molar-refractivity contribution >= 4 is 5.91 Å². The van der Waals surface area contributed by atoms with Gasteiger partial charge >= 0.3 is 0 Å². The van der Waals surface area contributed by atoms with Crippen molar-refractivity contribution < 1.29 is 18.3 Å². The highest BCUT2D eigenvalue weighted by Gasteiger charge is 2.16. The smallest absolute Gasteiger partial charge is 0.243 e. The van der Waals surface area contributed by atoms with Crippen LogP contribution in [0.15, 0.2) is 55.2 Å². The van der Waals surface area contributed by atoms with Crippen LogP contribution in [0.2, 0.25) is 0 Å². The Morgan fingerprint density at radius 1 is 1.31 bits per heavy atom. The van der Waals surface area contributed by atoms with Gasteiger partial charge in [-0.2, -0.15) is 0 Å². The quantitative estimate of drug-likeness (QED) is 0.735. The Hall–Kier alpha value is -3.29. The number of pyridine rings is 1. The molecule has 3 rings (SSSR count). The molecule has 2 heterocycles. The number of carbonyl (C=O) groups excluding carboxylic acids is 1. The van der Waals surface area contributed by atoms with Gasteiger partial charge in [0.2, 0.25) is 11.8 Å². The summed E-state index contributed by atoms with van der Waals surface area (Å²) in [5, 5.41) is 2.78. The van der Waals surface area contributed by atoms with Crippen LogP contribution in [0.5, 0.6) is 11.6 Å². The molecule has 26 heavy (non-hydrogen) atoms. The largest absolute Gasteiger partial charge is 0.436 e. The fourth-order valence-corrected chi connectivity index (χ4v) is 2.28. The summed E-state index contributed by atoms with van der Waals surface area (Å²) in [6.45, 7) is 1.88. The van der Waals surface area contributed by atoms with Gasteiger partial charge < -0.3 is 14.6 Å². The number of ether oxygens (including phenoxy) is 1. The zero-order valence-corrected chi connectivity index (χ0v) is 13.9. The first-order valence-electron chi connectivity index (χ1n) is 7.86. The molecule has 0 saturated carbocycles. The van der Waals surface area contributed by atoms with E-state index in [1.165, 1.54) is 12.3 Å². The molecule has 0 aliphatic carbocycles. The van der Waals surface area contributed by atoms with Crippen LogP contribution in [0.25, 0.3) is 0 Å². The summed E-state index contributed by atoms with van der Waals surface area (Å²) in [4.78, 5) is 20.2. The molecule has 3 aromatic rings. The third kappa shape index (κ3) is 4.02. The second-order valence-corrected chi connectivity index (χ2v) is 5.55. The molecule has 6 nitrogen and oxygen atoms in total. The Morgan fingerprint density at radius 3 is 2.88 bits per heavy atom. The molecule has 0 spiro atoms. The molecule has 1 N–H and O–H groups in total. The standard InChI is InChI=1S/C18H16F2N4O2/c1-12(24-8-7-21-11-24)17(25)23-10-13-3-2-6-22-18(13)26-16-5-4-14(19)9-15(16)20/h2-9,11-12H,10H2,1H3,(H,23,25)/t12-/m0/s1. The molecule has 0 unspecified atom stereocenters. The molecule has 1 atom stereocenters. The summed E-state index contributed by atoms with van der Waals surface area (Å²) in [5.41, 5.74) is 0.558. The number of halogens is 2. The lowest BCUT2D eigenvalue weighted by Crippen LogP contribution is -2.30. The molecule has 0 fully saturated rings. The van der Waals surface area contributed by atoms with Crippen molar-refractivity contribution in [1.82, 2.24) is 19.9 Å². The molecular weight excluding hydrogens is 342 g/mol. The number of imidazole rings is 1. The van der Waals surface area contributed by atoms with E-state index < -0.39 is 17.7 Å². The van der Waals surface area contributed by atoms with Gasteiger partial charge in [-0.1, -0.05) is 6.07 Å². The molecule has 134 valence electrons. The number of aromatic nitrogens is 3. The maximum absolute atomic E-state index is 13.8. The summed E-state index contributed by atoms with van der Waals surface area (Å²) >= 11 is 0. The fraction of sp³-hybridized carbons (Fsp3) is 0.167. The van der Waals surface area contributed by atoms with Crippen molar-refractivity contribution in [2.24, 2.45) is 0 Å². The van der Waals surface area contributed by atoms with E-state index in [9.17, 15) is 13.6 Å². The summed E-state index contributed by atoms with van der Waals surface area (Å²) in [6, 6.07) is 5.94. The minimum absolute atomic E-state index is 0.133. The molecule has 0 saturated heterocycles. The van der Waals surface area contributed by atoms with E-state index in [0.717, 1.165) is 12.1 Å². The first kappa shape index (κ1) is 17.5. The van der Waals surface area contributed by atoms with Crippen LogP contribution in [0.3, 0.4) is 0 Å². The molecule has 2 aromatic heterocycles. The van der Waals surface area contributed by atoms with Crippen LogP contribution >= 0.6 is 0 Å². The third-order valence-electron chi connectivity index (χ3n) is 3.76. The predicted molar refractivity (Wildman–Crippen MR) is 89.5 cm³/mol. The Morgan fingerprint density at radius 2 is 2.15 bits per heavy atom. The van der Waals surface area contributed by atoms with Gasteiger partial charge in [0, 0.05) is 36.8 Å². The molecule has 0 aliphatic rings. The van der Waals surface area contributed by atoms with Crippen molar-refractivity contribution in [3.05, 3.63) is 72.4 Å². The lowest BCUT2D eigenvalue weighted by molar-refractivity contribution is -0.124. The normalized spacial score (nSPS) is 11.8. The highest BCUT2D eigenvalue weighted by Crippen LogP contribution is 2.26. The summed E-state index contributed by atoms with van der Waals surface area (Å²) in [7, 11) is 0. The minimum atomic E-state index is -0.834. The molecule has 0 bridgehead atoms. The minimum Gasteiger partial charge on any atom is -0.436 e. The van der Waals surface area contributed by atoms with Crippen LogP contribution < -0.4 is 10.1 Å². The average molecular weight is 358 g/mol. The van der Waals surface area contributed by atoms with Crippen molar-refractivity contribution in [1.29, 1.82) is 0 Å². The second kappa shape index (κ2) is 7.73. The highest BCUT2D eigenvalue weighted by molar-refractivity contribution is 5.79. The van der Waals surface area contributed by atoms with E-state index in [1.807, 2.05) is 0 Å². The monoisotopic (exact) mass is 358 g/mol. The maximum Gasteiger partial charge on any atom is 0.243 e. The molecule has 1 amide bonds. The molecule has 1 aromatic carbocycles. The zero-order valence-electron chi connectivity index (χ0n) is 13.9. The van der Waals surface area contributed by atoms with Gasteiger partial charge in [0.05, 0.1) is 6.33 Å². The average Bonchev–Trinajstić information content (AvgIpc) is 3.17. The Labute approximate surface area is 148 Å². The van der Waals surface area contributed by atoms with Crippen LogP contribution in [0.1, 0.15) is 18.5 Å². The number of hydrogen-bond acceptors (Lipinski definition) is 4. The molecule has 8 heteroatoms. The van der Waals surface area contributed by atoms with Crippen molar-refractivity contribution in [2.75, 3.05) is 0 Å². The third-order valence-corrected chi connectivity index (χ3v) is 3.76. The van der Waals surface area contributed by atoms with Gasteiger partial charge in [0.25, 0.3) is 0 Å². The van der Waals surface area contributed by atoms with Crippen LogP contribution in [-0.2, 0) is 11.3 Å². The van der Waals surface area contributed by atoms with Crippen molar-refractivity contribution in [3.8, 4) is 11.6 Å². The second-order valence-electron chi connectivity index (χ2n) is 5.55. The van der Waals surface area contributed by atoms with E-state index >= 15 is 0 Å². The lowest BCUT2D eigenvalue weighted by atomic mass is 10.2. The number of rotatable bonds is 6. The summed E-state index contributed by atoms with van der Waals surface area (Å²) < 4.78 is 33.9. The van der Waals surface area contributed by atoms with Crippen LogP contribution in [0, 0.1) is 11.6 Å². The van der Waals surface area contributed by atoms with Gasteiger partial charge in [-0.3, -0.25) is 4.79 Å². The number of nitrogens with one attached hydrogen (secondary N) is 1. The van der Waals surface area contributed by atoms with Gasteiger partial charge in [-0.15, -0.1) is 0 Å². The Bertz CT molecular complexity index is 900. The van der Waals surface area contributed by atoms with Crippen LogP contribution in [0.4, 0.5) is 8.78 Å². The molecular formula is C18H16F2N4O2. The number of amides is 1. The SMILES string of the molecule is C[C@@H](C(=O)NCc1cccnc1Oc1ccc(F)cc1F)n1ccnc1. The fourth-order valence-electron chi connectivity index (χ4n) is 2.28. The number of hydrogen-bond donors (Lipinski definition) is 1. The van der Waals surface area contributed by atoms with Gasteiger partial charge in [0.1, 0.15) is 11.9 Å². The Kier molecular flexibility index (Phi) is 5.21. The van der Waals surface area contributed by atoms with E-state index in [-0.39, 0.29) is 24.1 Å². The summed E-state index contributed by atoms with van der Waals surface area (Å²) in [6.07, 6.45) is 6.32. The summed E-state index contributed by atoms with van der Waals surface area (Å²) in [5.74, 6) is -1.76. The predicted octanol–water partition coefficient (Wildman–Crippen LogP) is 3.23.